The molecular formula is C18H30ClN3O7S. The van der Waals surface area contributed by atoms with E-state index in [2.05, 4.69) is 33.7 Å². The van der Waals surface area contributed by atoms with Crippen molar-refractivity contribution in [1.82, 2.24) is 13.6 Å². The lowest BCUT2D eigenvalue weighted by Crippen LogP contribution is -2.39. The van der Waals surface area contributed by atoms with Crippen molar-refractivity contribution >= 4 is 41.6 Å². The summed E-state index contributed by atoms with van der Waals surface area (Å²) in [5.74, 6) is -2.81. The Kier molecular flexibility index (Phi) is 14.2. The lowest BCUT2D eigenvalue weighted by Gasteiger charge is -2.22. The molecule has 1 aromatic heterocycles. The number of hydrogen-bond donors (Lipinski definition) is 4. The van der Waals surface area contributed by atoms with Crippen molar-refractivity contribution in [3.05, 3.63) is 11.8 Å². The minimum Gasteiger partial charge on any atom is -0.479 e. The number of likely N-dealkylation sites (N-methyl/N-ethyl adjacent to an activating group) is 1. The molecule has 12 heteroatoms. The van der Waals surface area contributed by atoms with Crippen LogP contribution in [0.5, 0.6) is 5.88 Å². The summed E-state index contributed by atoms with van der Waals surface area (Å²) >= 11 is 1.25. The van der Waals surface area contributed by atoms with Crippen LogP contribution in [0, 0.1) is 0 Å². The van der Waals surface area contributed by atoms with E-state index in [1.54, 1.807) is 0 Å². The highest BCUT2D eigenvalue weighted by molar-refractivity contribution is 6.99. The van der Waals surface area contributed by atoms with Gasteiger partial charge in [0.25, 0.3) is 5.88 Å². The van der Waals surface area contributed by atoms with Gasteiger partial charge in [0.15, 0.2) is 12.2 Å². The number of hydrogen-bond acceptors (Lipinski definition) is 9. The molecule has 0 aromatic carbocycles. The van der Waals surface area contributed by atoms with Gasteiger partial charge < -0.3 is 30.1 Å². The smallest absolute Gasteiger partial charge is 0.335 e. The average molecular weight is 468 g/mol. The molecule has 0 radical (unpaired) electrons. The van der Waals surface area contributed by atoms with E-state index in [1.165, 1.54) is 36.6 Å². The number of rotatable bonds is 10. The summed E-state index contributed by atoms with van der Waals surface area (Å²) in [6.07, 6.45) is 3.68. The first-order valence-corrected chi connectivity index (χ1v) is 10.2. The van der Waals surface area contributed by atoms with Gasteiger partial charge in [-0.05, 0) is 25.5 Å². The Balaban J connectivity index is 0.000000658. The third-order valence-electron chi connectivity index (χ3n) is 4.15. The van der Waals surface area contributed by atoms with E-state index in [-0.39, 0.29) is 12.4 Å². The van der Waals surface area contributed by atoms with E-state index in [9.17, 15) is 9.59 Å². The Morgan fingerprint density at radius 2 is 1.80 bits per heavy atom. The number of halogens is 1. The van der Waals surface area contributed by atoms with Crippen LogP contribution >= 0.6 is 24.1 Å². The number of carboxylic acids is 2. The van der Waals surface area contributed by atoms with Crippen LogP contribution in [0.3, 0.4) is 0 Å². The SMILES string of the molecule is CCCCCCOc1nsnc1C1=CCCN(C)C1.Cl.O=C(O)[C@H](O)[C@@H](O)C(=O)O. The van der Waals surface area contributed by atoms with Crippen molar-refractivity contribution in [2.75, 3.05) is 26.7 Å². The molecule has 1 aliphatic rings. The van der Waals surface area contributed by atoms with E-state index < -0.39 is 24.1 Å². The van der Waals surface area contributed by atoms with Crippen LogP contribution < -0.4 is 4.74 Å². The van der Waals surface area contributed by atoms with Gasteiger partial charge in [0.2, 0.25) is 0 Å². The minimum absolute atomic E-state index is 0. The van der Waals surface area contributed by atoms with Gasteiger partial charge in [-0.1, -0.05) is 32.3 Å². The quantitative estimate of drug-likeness (QED) is 0.372. The number of nitrogens with zero attached hydrogens (tertiary/aromatic N) is 3. The number of aliphatic hydroxyl groups excluding tert-OH is 2. The maximum absolute atomic E-state index is 9.77. The fraction of sp³-hybridized carbons (Fsp3) is 0.667. The van der Waals surface area contributed by atoms with Gasteiger partial charge in [-0.3, -0.25) is 0 Å². The summed E-state index contributed by atoms with van der Waals surface area (Å²) in [5.41, 5.74) is 2.21. The van der Waals surface area contributed by atoms with Gasteiger partial charge in [-0.2, -0.15) is 4.37 Å². The molecule has 30 heavy (non-hydrogen) atoms. The zero-order valence-corrected chi connectivity index (χ0v) is 18.7. The average Bonchev–Trinajstić information content (AvgIpc) is 3.15. The molecule has 4 N–H and O–H groups in total. The number of ether oxygens (including phenoxy) is 1. The van der Waals surface area contributed by atoms with Crippen molar-refractivity contribution in [2.45, 2.75) is 51.2 Å². The Labute approximate surface area is 185 Å². The molecule has 172 valence electrons. The van der Waals surface area contributed by atoms with Gasteiger partial charge in [-0.15, -0.1) is 16.8 Å². The summed E-state index contributed by atoms with van der Waals surface area (Å²) in [6.45, 7) is 5.03. The number of unbranched alkanes of at least 4 members (excludes halogenated alkanes) is 3. The van der Waals surface area contributed by atoms with Crippen molar-refractivity contribution in [2.24, 2.45) is 0 Å². The third kappa shape index (κ3) is 9.81. The molecule has 2 heterocycles. The normalized spacial score (nSPS) is 15.7. The molecule has 2 rings (SSSR count). The topological polar surface area (TPSA) is 153 Å². The van der Waals surface area contributed by atoms with Crippen LogP contribution in [0.1, 0.15) is 44.7 Å². The number of carboxylic acid groups (broad SMARTS) is 2. The second kappa shape index (κ2) is 15.1. The molecule has 10 nitrogen and oxygen atoms in total. The second-order valence-corrected chi connectivity index (χ2v) is 7.18. The van der Waals surface area contributed by atoms with Crippen LogP contribution in [0.15, 0.2) is 6.08 Å². The molecule has 0 fully saturated rings. The van der Waals surface area contributed by atoms with Gasteiger partial charge in [0.05, 0.1) is 18.3 Å². The number of aromatic nitrogens is 2. The van der Waals surface area contributed by atoms with Crippen LogP contribution in [0.25, 0.3) is 5.57 Å². The van der Waals surface area contributed by atoms with Gasteiger partial charge in [-0.25, -0.2) is 9.59 Å². The molecular weight excluding hydrogens is 438 g/mol. The standard InChI is InChI=1S/C14H23N3OS.C4H6O6.ClH/c1-3-4-5-6-10-18-14-13(15-19-16-14)12-8-7-9-17(2)11-12;5-1(3(7)8)2(6)4(9)10;/h8H,3-7,9-11H2,1-2H3;1-2,5-6H,(H,7,8)(H,9,10);1H/t;1-,2-;/m.1./s1. The molecule has 2 atom stereocenters. The second-order valence-electron chi connectivity index (χ2n) is 6.65. The number of carbonyl (C=O) groups is 2. The Morgan fingerprint density at radius 3 is 2.33 bits per heavy atom. The van der Waals surface area contributed by atoms with E-state index in [0.29, 0.717) is 0 Å². The fourth-order valence-electron chi connectivity index (χ4n) is 2.50. The van der Waals surface area contributed by atoms with Crippen molar-refractivity contribution in [3.8, 4) is 5.88 Å². The molecule has 1 aromatic rings. The highest BCUT2D eigenvalue weighted by Gasteiger charge is 2.29. The molecule has 0 unspecified atom stereocenters. The van der Waals surface area contributed by atoms with Crippen molar-refractivity contribution in [1.29, 1.82) is 0 Å². The summed E-state index contributed by atoms with van der Waals surface area (Å²) in [4.78, 5) is 21.8. The van der Waals surface area contributed by atoms with Crippen LogP contribution in [0.2, 0.25) is 0 Å². The third-order valence-corrected chi connectivity index (χ3v) is 4.66. The van der Waals surface area contributed by atoms with Gasteiger partial charge in [0, 0.05) is 13.1 Å². The van der Waals surface area contributed by atoms with E-state index in [4.69, 9.17) is 25.2 Å². The van der Waals surface area contributed by atoms with E-state index >= 15 is 0 Å². The first-order valence-electron chi connectivity index (χ1n) is 9.42. The monoisotopic (exact) mass is 467 g/mol. The number of aliphatic carboxylic acids is 2. The zero-order valence-electron chi connectivity index (χ0n) is 17.1. The van der Waals surface area contributed by atoms with E-state index in [1.807, 2.05) is 0 Å². The molecule has 1 aliphatic heterocycles. The van der Waals surface area contributed by atoms with Crippen molar-refractivity contribution < 1.29 is 34.8 Å². The minimum atomic E-state index is -2.27. The zero-order chi connectivity index (χ0) is 21.8. The van der Waals surface area contributed by atoms with Gasteiger partial charge >= 0.3 is 11.9 Å². The summed E-state index contributed by atoms with van der Waals surface area (Å²) in [6, 6.07) is 0. The maximum Gasteiger partial charge on any atom is 0.335 e. The molecule has 0 aliphatic carbocycles. The predicted octanol–water partition coefficient (Wildman–Crippen LogP) is 1.52. The summed E-state index contributed by atoms with van der Waals surface area (Å²) in [5, 5.41) is 32.5. The summed E-state index contributed by atoms with van der Waals surface area (Å²) < 4.78 is 14.5. The lowest BCUT2D eigenvalue weighted by molar-refractivity contribution is -0.165. The van der Waals surface area contributed by atoms with E-state index in [0.717, 1.165) is 44.1 Å². The largest absolute Gasteiger partial charge is 0.479 e. The number of aliphatic hydroxyl groups is 2. The molecule has 0 spiro atoms. The van der Waals surface area contributed by atoms with Gasteiger partial charge in [0.1, 0.15) is 5.69 Å². The lowest BCUT2D eigenvalue weighted by atomic mass is 10.1. The molecule has 0 saturated carbocycles. The Morgan fingerprint density at radius 1 is 1.17 bits per heavy atom. The summed E-state index contributed by atoms with van der Waals surface area (Å²) in [7, 11) is 2.14. The van der Waals surface area contributed by atoms with Crippen molar-refractivity contribution in [3.63, 3.8) is 0 Å². The highest BCUT2D eigenvalue weighted by atomic mass is 35.5. The predicted molar refractivity (Wildman–Crippen MR) is 114 cm³/mol. The van der Waals surface area contributed by atoms with Crippen LogP contribution in [-0.2, 0) is 9.59 Å². The first-order chi connectivity index (χ1) is 13.8. The first kappa shape index (κ1) is 28.2. The maximum atomic E-state index is 9.77. The Hall–Kier alpha value is -1.79. The van der Waals surface area contributed by atoms with Crippen LogP contribution in [-0.4, -0.2) is 85.0 Å². The molecule has 0 bridgehead atoms. The fourth-order valence-corrected chi connectivity index (χ4v) is 3.04. The molecule has 0 amide bonds. The van der Waals surface area contributed by atoms with Crippen LogP contribution in [0.4, 0.5) is 0 Å². The highest BCUT2D eigenvalue weighted by Crippen LogP contribution is 2.27. The molecule has 0 saturated heterocycles. The Bertz CT molecular complexity index is 668.